The number of benzene rings is 1. The molecule has 0 radical (unpaired) electrons. The Morgan fingerprint density at radius 2 is 2.10 bits per heavy atom. The molecule has 1 N–H and O–H groups in total. The summed E-state index contributed by atoms with van der Waals surface area (Å²) in [6.07, 6.45) is 0. The number of thiol groups is 1. The number of phenolic OH excluding ortho intramolecular Hbond substituents is 1. The van der Waals surface area contributed by atoms with Gasteiger partial charge in [-0.25, -0.2) is 0 Å². The van der Waals surface area contributed by atoms with Crippen LogP contribution in [0.25, 0.3) is 0 Å². The lowest BCUT2D eigenvalue weighted by Gasteiger charge is -2.02. The van der Waals surface area contributed by atoms with Gasteiger partial charge in [0, 0.05) is 10.5 Å². The van der Waals surface area contributed by atoms with Crippen LogP contribution in [-0.2, 0) is 0 Å². The van der Waals surface area contributed by atoms with Crippen LogP contribution in [0, 0.1) is 10.5 Å². The fraction of sp³-hybridized carbons (Fsp3) is 0.143. The molecule has 0 aromatic heterocycles. The lowest BCUT2D eigenvalue weighted by molar-refractivity contribution is 0.465. The van der Waals surface area contributed by atoms with Crippen LogP contribution in [0.15, 0.2) is 17.0 Å². The zero-order chi connectivity index (χ0) is 7.72. The number of aromatic hydroxyl groups is 1. The summed E-state index contributed by atoms with van der Waals surface area (Å²) in [6, 6.07) is 3.71. The van der Waals surface area contributed by atoms with Gasteiger partial charge in [-0.15, -0.1) is 12.6 Å². The predicted octanol–water partition coefficient (Wildman–Crippen LogP) is 2.59. The van der Waals surface area contributed by atoms with E-state index in [0.29, 0.717) is 5.75 Å². The summed E-state index contributed by atoms with van der Waals surface area (Å²) >= 11 is 6.23. The summed E-state index contributed by atoms with van der Waals surface area (Å²) in [5.74, 6) is 0.341. The van der Waals surface area contributed by atoms with Gasteiger partial charge in [0.25, 0.3) is 0 Å². The van der Waals surface area contributed by atoms with Crippen LogP contribution in [0.1, 0.15) is 5.56 Å². The topological polar surface area (TPSA) is 20.2 Å². The first-order valence-electron chi connectivity index (χ1n) is 2.80. The molecule has 0 aliphatic carbocycles. The molecular weight excluding hydrogens is 259 g/mol. The standard InChI is InChI=1S/C7H7IOS/c1-4-6(10)3-2-5(8)7(4)9/h2-3,9-10H,1H3. The minimum Gasteiger partial charge on any atom is -0.507 e. The second kappa shape index (κ2) is 3.00. The maximum atomic E-state index is 9.33. The third-order valence-corrected chi connectivity index (χ3v) is 2.71. The average molecular weight is 266 g/mol. The molecule has 0 heterocycles. The molecular formula is C7H7IOS. The molecule has 0 atom stereocenters. The average Bonchev–Trinajstić information content (AvgIpc) is 1.93. The van der Waals surface area contributed by atoms with Crippen molar-refractivity contribution in [2.45, 2.75) is 11.8 Å². The third kappa shape index (κ3) is 1.40. The van der Waals surface area contributed by atoms with Crippen molar-refractivity contribution in [3.8, 4) is 5.75 Å². The highest BCUT2D eigenvalue weighted by Crippen LogP contribution is 2.27. The Morgan fingerprint density at radius 1 is 1.50 bits per heavy atom. The normalized spacial score (nSPS) is 9.90. The molecule has 0 fully saturated rings. The molecule has 1 rings (SSSR count). The SMILES string of the molecule is Cc1c(S)ccc(I)c1O. The van der Waals surface area contributed by atoms with E-state index < -0.39 is 0 Å². The monoisotopic (exact) mass is 266 g/mol. The minimum atomic E-state index is 0.341. The number of rotatable bonds is 0. The van der Waals surface area contributed by atoms with Crippen molar-refractivity contribution in [1.82, 2.24) is 0 Å². The van der Waals surface area contributed by atoms with Crippen molar-refractivity contribution < 1.29 is 5.11 Å². The largest absolute Gasteiger partial charge is 0.507 e. The zero-order valence-corrected chi connectivity index (χ0v) is 8.48. The Labute approximate surface area is 79.0 Å². The van der Waals surface area contributed by atoms with E-state index in [4.69, 9.17) is 0 Å². The van der Waals surface area contributed by atoms with Crippen molar-refractivity contribution in [3.63, 3.8) is 0 Å². The van der Waals surface area contributed by atoms with E-state index in [0.717, 1.165) is 14.0 Å². The van der Waals surface area contributed by atoms with Gasteiger partial charge < -0.3 is 5.11 Å². The Bertz CT molecular complexity index is 233. The molecule has 54 valence electrons. The Hall–Kier alpha value is 0.1000. The van der Waals surface area contributed by atoms with Crippen molar-refractivity contribution in [2.24, 2.45) is 0 Å². The van der Waals surface area contributed by atoms with Crippen LogP contribution in [0.5, 0.6) is 5.75 Å². The van der Waals surface area contributed by atoms with E-state index in [1.807, 2.05) is 19.1 Å². The highest BCUT2D eigenvalue weighted by atomic mass is 127. The van der Waals surface area contributed by atoms with Crippen LogP contribution in [-0.4, -0.2) is 5.11 Å². The molecule has 1 aromatic rings. The van der Waals surface area contributed by atoms with Crippen LogP contribution >= 0.6 is 35.2 Å². The van der Waals surface area contributed by atoms with Crippen LogP contribution < -0.4 is 0 Å². The minimum absolute atomic E-state index is 0.341. The highest BCUT2D eigenvalue weighted by molar-refractivity contribution is 14.1. The van der Waals surface area contributed by atoms with Crippen molar-refractivity contribution >= 4 is 35.2 Å². The van der Waals surface area contributed by atoms with Crippen LogP contribution in [0.4, 0.5) is 0 Å². The maximum absolute atomic E-state index is 9.33. The second-order valence-corrected chi connectivity index (χ2v) is 3.68. The molecule has 0 bridgehead atoms. The van der Waals surface area contributed by atoms with E-state index in [1.54, 1.807) is 0 Å². The molecule has 3 heteroatoms. The fourth-order valence-corrected chi connectivity index (χ4v) is 1.42. The smallest absolute Gasteiger partial charge is 0.132 e. The summed E-state index contributed by atoms with van der Waals surface area (Å²) in [6.45, 7) is 1.85. The molecule has 1 nitrogen and oxygen atoms in total. The number of hydrogen-bond donors (Lipinski definition) is 2. The van der Waals surface area contributed by atoms with E-state index >= 15 is 0 Å². The summed E-state index contributed by atoms with van der Waals surface area (Å²) in [5, 5.41) is 9.33. The van der Waals surface area contributed by atoms with E-state index in [9.17, 15) is 5.11 Å². The van der Waals surface area contributed by atoms with Gasteiger partial charge in [-0.2, -0.15) is 0 Å². The number of phenols is 1. The molecule has 10 heavy (non-hydrogen) atoms. The summed E-state index contributed by atoms with van der Waals surface area (Å²) in [4.78, 5) is 0.831. The third-order valence-electron chi connectivity index (χ3n) is 1.35. The van der Waals surface area contributed by atoms with Gasteiger partial charge in [-0.3, -0.25) is 0 Å². The molecule has 0 aliphatic rings. The maximum Gasteiger partial charge on any atom is 0.132 e. The number of halogens is 1. The Balaban J connectivity index is 3.34. The van der Waals surface area contributed by atoms with Crippen LogP contribution in [0.2, 0.25) is 0 Å². The quantitative estimate of drug-likeness (QED) is 0.546. The fourth-order valence-electron chi connectivity index (χ4n) is 0.656. The molecule has 0 amide bonds. The molecule has 0 saturated carbocycles. The van der Waals surface area contributed by atoms with Gasteiger partial charge in [0.15, 0.2) is 0 Å². The molecule has 0 aliphatic heterocycles. The first-order chi connectivity index (χ1) is 4.63. The summed E-state index contributed by atoms with van der Waals surface area (Å²) in [5.41, 5.74) is 0.843. The van der Waals surface area contributed by atoms with Crippen molar-refractivity contribution in [3.05, 3.63) is 21.3 Å². The molecule has 0 unspecified atom stereocenters. The lowest BCUT2D eigenvalue weighted by Crippen LogP contribution is -1.80. The van der Waals surface area contributed by atoms with E-state index in [1.165, 1.54) is 0 Å². The zero-order valence-electron chi connectivity index (χ0n) is 5.43. The van der Waals surface area contributed by atoms with E-state index in [-0.39, 0.29) is 0 Å². The van der Waals surface area contributed by atoms with Gasteiger partial charge >= 0.3 is 0 Å². The summed E-state index contributed by atoms with van der Waals surface area (Å²) < 4.78 is 0.868. The highest BCUT2D eigenvalue weighted by Gasteiger charge is 2.02. The summed E-state index contributed by atoms with van der Waals surface area (Å²) in [7, 11) is 0. The predicted molar refractivity (Wildman–Crippen MR) is 52.8 cm³/mol. The Kier molecular flexibility index (Phi) is 2.46. The second-order valence-electron chi connectivity index (χ2n) is 2.04. The lowest BCUT2D eigenvalue weighted by atomic mass is 10.2. The first-order valence-corrected chi connectivity index (χ1v) is 4.32. The van der Waals surface area contributed by atoms with Gasteiger partial charge in [0.05, 0.1) is 3.57 Å². The Morgan fingerprint density at radius 3 is 2.60 bits per heavy atom. The van der Waals surface area contributed by atoms with Gasteiger partial charge in [0.2, 0.25) is 0 Å². The van der Waals surface area contributed by atoms with Crippen molar-refractivity contribution in [1.29, 1.82) is 0 Å². The molecule has 1 aromatic carbocycles. The molecule has 0 saturated heterocycles. The van der Waals surface area contributed by atoms with E-state index in [2.05, 4.69) is 35.2 Å². The number of hydrogen-bond acceptors (Lipinski definition) is 2. The van der Waals surface area contributed by atoms with Gasteiger partial charge in [-0.05, 0) is 41.6 Å². The van der Waals surface area contributed by atoms with Crippen molar-refractivity contribution in [2.75, 3.05) is 0 Å². The first kappa shape index (κ1) is 8.20. The van der Waals surface area contributed by atoms with Gasteiger partial charge in [-0.1, -0.05) is 0 Å². The molecule has 0 spiro atoms. The van der Waals surface area contributed by atoms with Crippen LogP contribution in [0.3, 0.4) is 0 Å². The van der Waals surface area contributed by atoms with Gasteiger partial charge in [0.1, 0.15) is 5.75 Å².